The molecule has 0 fully saturated rings. The van der Waals surface area contributed by atoms with Gasteiger partial charge in [-0.05, 0) is 70.5 Å². The monoisotopic (exact) mass is 484 g/mol. The van der Waals surface area contributed by atoms with E-state index in [1.165, 1.54) is 24.3 Å². The molecule has 0 spiro atoms. The number of nitrogens with one attached hydrogen (secondary N) is 1. The molecule has 0 radical (unpaired) electrons. The molecule has 1 heterocycles. The first-order valence-electron chi connectivity index (χ1n) is 10.5. The minimum atomic E-state index is -0.878. The van der Waals surface area contributed by atoms with E-state index in [0.29, 0.717) is 5.69 Å². The largest absolute Gasteiger partial charge is 0.459 e. The van der Waals surface area contributed by atoms with Crippen molar-refractivity contribution in [2.75, 3.05) is 5.32 Å². The van der Waals surface area contributed by atoms with Gasteiger partial charge in [-0.2, -0.15) is 0 Å². The molecule has 3 rings (SSSR count). The molecule has 0 unspecified atom stereocenters. The molecule has 2 aromatic carbocycles. The third kappa shape index (κ3) is 5.51. The molecule has 1 aromatic heterocycles. The Labute approximate surface area is 202 Å². The summed E-state index contributed by atoms with van der Waals surface area (Å²) in [6.07, 6.45) is 0. The lowest BCUT2D eigenvalue weighted by Crippen LogP contribution is -2.36. The van der Waals surface area contributed by atoms with Crippen LogP contribution in [-0.4, -0.2) is 27.7 Å². The Balaban J connectivity index is 1.93. The number of nitrogens with zero attached hydrogens (tertiary/aromatic N) is 2. The van der Waals surface area contributed by atoms with E-state index in [1.54, 1.807) is 38.1 Å². The third-order valence-electron chi connectivity index (χ3n) is 5.04. The molecule has 9 heteroatoms. The molecule has 34 heavy (non-hydrogen) atoms. The van der Waals surface area contributed by atoms with Gasteiger partial charge in [-0.1, -0.05) is 29.8 Å². The van der Waals surface area contributed by atoms with Gasteiger partial charge in [-0.3, -0.25) is 9.59 Å². The minimum Gasteiger partial charge on any atom is -0.459 e. The molecule has 0 saturated carbocycles. The number of carbonyl (C=O) groups excluding carboxylic acids is 2. The number of benzene rings is 2. The Hall–Kier alpha value is -3.52. The molecule has 0 atom stereocenters. The fraction of sp³-hybridized carbons (Fsp3) is 0.280. The number of esters is 1. The number of halogens is 2. The number of rotatable bonds is 6. The number of nitrogens with two attached hydrogens (primary N) is 1. The Morgan fingerprint density at radius 3 is 2.24 bits per heavy atom. The standard InChI is InChI=1S/C25H26ClFN4O3/c1-24(2,3)34-23(33)25(4,5)14-9-11-15(12-10-14)29-19-13-18(30-31-21(19)22(28)32)20-16(26)7-6-8-17(20)27/h6-13H,1-5H3,(H2,28,32)(H,29,30). The Morgan fingerprint density at radius 1 is 1.03 bits per heavy atom. The van der Waals surface area contributed by atoms with Crippen molar-refractivity contribution in [3.63, 3.8) is 0 Å². The summed E-state index contributed by atoms with van der Waals surface area (Å²) >= 11 is 6.15. The highest BCUT2D eigenvalue weighted by Gasteiger charge is 2.34. The number of ether oxygens (including phenoxy) is 1. The molecule has 178 valence electrons. The van der Waals surface area contributed by atoms with Crippen molar-refractivity contribution in [3.05, 3.63) is 70.6 Å². The molecule has 7 nitrogen and oxygen atoms in total. The van der Waals surface area contributed by atoms with Gasteiger partial charge in [-0.25, -0.2) is 4.39 Å². The Kier molecular flexibility index (Phi) is 6.93. The van der Waals surface area contributed by atoms with Gasteiger partial charge in [0.1, 0.15) is 11.4 Å². The average Bonchev–Trinajstić information content (AvgIpc) is 2.73. The van der Waals surface area contributed by atoms with Gasteiger partial charge in [-0.15, -0.1) is 10.2 Å². The van der Waals surface area contributed by atoms with Crippen molar-refractivity contribution in [3.8, 4) is 11.3 Å². The molecule has 0 aliphatic carbocycles. The van der Waals surface area contributed by atoms with Crippen molar-refractivity contribution >= 4 is 34.9 Å². The summed E-state index contributed by atoms with van der Waals surface area (Å²) in [6, 6.07) is 12.7. The highest BCUT2D eigenvalue weighted by molar-refractivity contribution is 6.33. The van der Waals surface area contributed by atoms with E-state index in [-0.39, 0.29) is 33.6 Å². The van der Waals surface area contributed by atoms with Gasteiger partial charge in [0.2, 0.25) is 0 Å². The minimum absolute atomic E-state index is 0.0604. The summed E-state index contributed by atoms with van der Waals surface area (Å²) in [6.45, 7) is 9.01. The van der Waals surface area contributed by atoms with Crippen molar-refractivity contribution in [2.45, 2.75) is 45.6 Å². The maximum Gasteiger partial charge on any atom is 0.316 e. The zero-order valence-electron chi connectivity index (χ0n) is 19.6. The van der Waals surface area contributed by atoms with Crippen LogP contribution in [0.5, 0.6) is 0 Å². The predicted molar refractivity (Wildman–Crippen MR) is 130 cm³/mol. The van der Waals surface area contributed by atoms with Crippen LogP contribution in [0.4, 0.5) is 15.8 Å². The zero-order chi connectivity index (χ0) is 25.3. The van der Waals surface area contributed by atoms with E-state index in [2.05, 4.69) is 15.5 Å². The van der Waals surface area contributed by atoms with Crippen LogP contribution in [-0.2, 0) is 14.9 Å². The Morgan fingerprint density at radius 2 is 1.68 bits per heavy atom. The summed E-state index contributed by atoms with van der Waals surface area (Å²) in [5.74, 6) is -1.72. The van der Waals surface area contributed by atoms with Gasteiger partial charge in [0, 0.05) is 5.69 Å². The molecule has 3 N–H and O–H groups in total. The van der Waals surface area contributed by atoms with Gasteiger partial charge in [0.05, 0.1) is 27.4 Å². The molecule has 0 saturated heterocycles. The van der Waals surface area contributed by atoms with Gasteiger partial charge >= 0.3 is 5.97 Å². The molecule has 0 aliphatic rings. The molecular weight excluding hydrogens is 459 g/mol. The number of aromatic nitrogens is 2. The number of carbonyl (C=O) groups is 2. The normalized spacial score (nSPS) is 11.7. The van der Waals surface area contributed by atoms with Crippen molar-refractivity contribution in [1.29, 1.82) is 0 Å². The summed E-state index contributed by atoms with van der Waals surface area (Å²) < 4.78 is 19.9. The number of anilines is 2. The van der Waals surface area contributed by atoms with Crippen LogP contribution in [0.15, 0.2) is 48.5 Å². The van der Waals surface area contributed by atoms with Crippen molar-refractivity contribution in [1.82, 2.24) is 10.2 Å². The second-order valence-electron chi connectivity index (χ2n) is 9.28. The van der Waals surface area contributed by atoms with Gasteiger partial charge in [0.15, 0.2) is 5.69 Å². The smallest absolute Gasteiger partial charge is 0.316 e. The second kappa shape index (κ2) is 9.38. The van der Waals surface area contributed by atoms with Crippen molar-refractivity contribution < 1.29 is 18.7 Å². The van der Waals surface area contributed by atoms with E-state index in [0.717, 1.165) is 5.56 Å². The van der Waals surface area contributed by atoms with Crippen LogP contribution in [0.2, 0.25) is 5.02 Å². The zero-order valence-corrected chi connectivity index (χ0v) is 20.3. The highest BCUT2D eigenvalue weighted by atomic mass is 35.5. The number of hydrogen-bond donors (Lipinski definition) is 2. The number of amides is 1. The topological polar surface area (TPSA) is 107 Å². The lowest BCUT2D eigenvalue weighted by molar-refractivity contribution is -0.160. The lowest BCUT2D eigenvalue weighted by atomic mass is 9.84. The molecular formula is C25H26ClFN4O3. The second-order valence-corrected chi connectivity index (χ2v) is 9.69. The molecule has 0 aliphatic heterocycles. The van der Waals surface area contributed by atoms with E-state index in [9.17, 15) is 14.0 Å². The first-order chi connectivity index (χ1) is 15.8. The quantitative estimate of drug-likeness (QED) is 0.454. The third-order valence-corrected chi connectivity index (χ3v) is 5.36. The van der Waals surface area contributed by atoms with Gasteiger partial charge in [0.25, 0.3) is 5.91 Å². The first kappa shape index (κ1) is 25.1. The van der Waals surface area contributed by atoms with Crippen LogP contribution < -0.4 is 11.1 Å². The first-order valence-corrected chi connectivity index (χ1v) is 10.9. The average molecular weight is 485 g/mol. The highest BCUT2D eigenvalue weighted by Crippen LogP contribution is 2.33. The fourth-order valence-corrected chi connectivity index (χ4v) is 3.44. The predicted octanol–water partition coefficient (Wildman–Crippen LogP) is 5.40. The van der Waals surface area contributed by atoms with E-state index >= 15 is 0 Å². The molecule has 3 aromatic rings. The summed E-state index contributed by atoms with van der Waals surface area (Å²) in [5.41, 5.74) is 5.61. The van der Waals surface area contributed by atoms with Crippen LogP contribution in [0.25, 0.3) is 11.3 Å². The van der Waals surface area contributed by atoms with Crippen molar-refractivity contribution in [2.24, 2.45) is 5.73 Å². The number of hydrogen-bond acceptors (Lipinski definition) is 6. The van der Waals surface area contributed by atoms with E-state index < -0.39 is 22.7 Å². The molecule has 1 amide bonds. The maximum atomic E-state index is 14.4. The molecule has 0 bridgehead atoms. The van der Waals surface area contributed by atoms with Crippen LogP contribution >= 0.6 is 11.6 Å². The van der Waals surface area contributed by atoms with E-state index in [4.69, 9.17) is 22.1 Å². The maximum absolute atomic E-state index is 14.4. The van der Waals surface area contributed by atoms with E-state index in [1.807, 2.05) is 20.8 Å². The van der Waals surface area contributed by atoms with Crippen LogP contribution in [0, 0.1) is 5.82 Å². The SMILES string of the molecule is CC(C)(C)OC(=O)C(C)(C)c1ccc(Nc2cc(-c3c(F)cccc3Cl)nnc2C(N)=O)cc1. The summed E-state index contributed by atoms with van der Waals surface area (Å²) in [5, 5.41) is 11.0. The lowest BCUT2D eigenvalue weighted by Gasteiger charge is -2.29. The Bertz CT molecular complexity index is 1220. The van der Waals surface area contributed by atoms with Crippen LogP contribution in [0.1, 0.15) is 50.7 Å². The summed E-state index contributed by atoms with van der Waals surface area (Å²) in [4.78, 5) is 24.6. The number of primary amides is 1. The summed E-state index contributed by atoms with van der Waals surface area (Å²) in [7, 11) is 0. The van der Waals surface area contributed by atoms with Crippen LogP contribution in [0.3, 0.4) is 0 Å². The fourth-order valence-electron chi connectivity index (χ4n) is 3.18. The van der Waals surface area contributed by atoms with Gasteiger partial charge < -0.3 is 15.8 Å².